The van der Waals surface area contributed by atoms with Gasteiger partial charge in [0.1, 0.15) is 0 Å². The van der Waals surface area contributed by atoms with Crippen molar-refractivity contribution in [3.8, 4) is 0 Å². The van der Waals surface area contributed by atoms with Gasteiger partial charge in [-0.1, -0.05) is 31.6 Å². The van der Waals surface area contributed by atoms with Crippen LogP contribution in [0.3, 0.4) is 0 Å². The van der Waals surface area contributed by atoms with Gasteiger partial charge in [0.15, 0.2) is 0 Å². The summed E-state index contributed by atoms with van der Waals surface area (Å²) in [6.07, 6.45) is 8.39. The first-order valence-electron chi connectivity index (χ1n) is 12.0. The number of esters is 1. The summed E-state index contributed by atoms with van der Waals surface area (Å²) >= 11 is 0. The van der Waals surface area contributed by atoms with E-state index in [1.807, 2.05) is 13.8 Å². The van der Waals surface area contributed by atoms with Crippen molar-refractivity contribution in [2.75, 3.05) is 12.4 Å². The molecule has 6 nitrogen and oxygen atoms in total. The van der Waals surface area contributed by atoms with Gasteiger partial charge < -0.3 is 4.74 Å². The molecule has 4 atom stereocenters. The van der Waals surface area contributed by atoms with E-state index < -0.39 is 21.4 Å². The van der Waals surface area contributed by atoms with Gasteiger partial charge in [-0.2, -0.15) is 0 Å². The maximum atomic E-state index is 14.2. The van der Waals surface area contributed by atoms with Crippen LogP contribution in [0.1, 0.15) is 79.6 Å². The molecule has 0 radical (unpaired) electrons. The summed E-state index contributed by atoms with van der Waals surface area (Å²) in [4.78, 5) is 26.6. The van der Waals surface area contributed by atoms with Crippen molar-refractivity contribution in [1.82, 2.24) is 4.31 Å². The molecule has 2 bridgehead atoms. The van der Waals surface area contributed by atoms with Crippen LogP contribution in [0.25, 0.3) is 0 Å². The van der Waals surface area contributed by atoms with E-state index in [1.165, 1.54) is 4.31 Å². The lowest BCUT2D eigenvalue weighted by Gasteiger charge is -2.39. The van der Waals surface area contributed by atoms with Crippen molar-refractivity contribution >= 4 is 21.9 Å². The summed E-state index contributed by atoms with van der Waals surface area (Å²) in [7, 11) is -3.70. The van der Waals surface area contributed by atoms with E-state index in [-0.39, 0.29) is 41.6 Å². The normalized spacial score (nSPS) is 36.0. The first-order chi connectivity index (χ1) is 14.9. The number of sulfonamides is 1. The number of amides is 1. The molecular weight excluding hydrogens is 426 g/mol. The maximum Gasteiger partial charge on any atom is 0.333 e. The van der Waals surface area contributed by atoms with Crippen molar-refractivity contribution in [3.63, 3.8) is 0 Å². The molecule has 1 heterocycles. The molecule has 0 aromatic rings. The molecule has 178 valence electrons. The minimum Gasteiger partial charge on any atom is -0.463 e. The van der Waals surface area contributed by atoms with E-state index >= 15 is 0 Å². The van der Waals surface area contributed by atoms with Gasteiger partial charge in [-0.15, -0.1) is 0 Å². The van der Waals surface area contributed by atoms with Gasteiger partial charge in [0.2, 0.25) is 15.9 Å². The smallest absolute Gasteiger partial charge is 0.333 e. The second-order valence-electron chi connectivity index (χ2n) is 11.2. The average molecular weight is 464 g/mol. The molecule has 1 spiro atoms. The van der Waals surface area contributed by atoms with Crippen LogP contribution in [0.5, 0.6) is 0 Å². The largest absolute Gasteiger partial charge is 0.463 e. The summed E-state index contributed by atoms with van der Waals surface area (Å²) in [5.74, 6) is -0.175. The number of carbonyl (C=O) groups excluding carboxylic acids is 2. The predicted octanol–water partition coefficient (Wildman–Crippen LogP) is 4.37. The zero-order valence-corrected chi connectivity index (χ0v) is 20.9. The highest BCUT2D eigenvalue weighted by Crippen LogP contribution is 2.70. The Morgan fingerprint density at radius 1 is 1.28 bits per heavy atom. The summed E-state index contributed by atoms with van der Waals surface area (Å²) in [5.41, 5.74) is 0.324. The number of nitrogens with zero attached hydrogens (tertiary/aromatic N) is 1. The summed E-state index contributed by atoms with van der Waals surface area (Å²) in [6.45, 7) is 10.4. The molecule has 1 amide bonds. The fourth-order valence-corrected chi connectivity index (χ4v) is 9.71. The molecule has 1 aliphatic heterocycles. The number of rotatable bonds is 6. The van der Waals surface area contributed by atoms with Gasteiger partial charge in [0.25, 0.3) is 0 Å². The van der Waals surface area contributed by atoms with Crippen molar-refractivity contribution in [1.29, 1.82) is 0 Å². The zero-order chi connectivity index (χ0) is 23.5. The highest BCUT2D eigenvalue weighted by Gasteiger charge is 2.73. The Kier molecular flexibility index (Phi) is 5.67. The lowest BCUT2D eigenvalue weighted by Crippen LogP contribution is -2.50. The SMILES string of the molecule is CCOC(=O)C1=CC[C@@](CCC=C(C)C)(C(=O)N2[C@@H]3C[C@H]4CC[C@]3(CS2(=O)=O)C4(C)C)C1. The van der Waals surface area contributed by atoms with Crippen molar-refractivity contribution in [2.24, 2.45) is 22.2 Å². The summed E-state index contributed by atoms with van der Waals surface area (Å²) in [5, 5.41) is 0. The van der Waals surface area contributed by atoms with Crippen LogP contribution in [0.15, 0.2) is 23.3 Å². The van der Waals surface area contributed by atoms with Crippen LogP contribution in [-0.4, -0.2) is 43.0 Å². The number of hydrogen-bond donors (Lipinski definition) is 0. The maximum absolute atomic E-state index is 14.2. The lowest BCUT2D eigenvalue weighted by molar-refractivity contribution is -0.141. The molecule has 32 heavy (non-hydrogen) atoms. The third kappa shape index (κ3) is 3.29. The standard InChI is InChI=1S/C25H37NO5S/c1-6-31-21(27)18-9-12-24(15-18,11-7-8-17(2)3)22(28)26-20-14-19-10-13-25(20,23(19,4)5)16-32(26,29)30/h8-9,19-20H,6-7,10-16H2,1-5H3/t19-,20-,24-,25-/m1/s1. The molecule has 2 saturated carbocycles. The van der Waals surface area contributed by atoms with Crippen molar-refractivity contribution < 1.29 is 22.7 Å². The van der Waals surface area contributed by atoms with E-state index in [9.17, 15) is 18.0 Å². The number of carbonyl (C=O) groups is 2. The van der Waals surface area contributed by atoms with Crippen LogP contribution in [0.2, 0.25) is 0 Å². The van der Waals surface area contributed by atoms with Gasteiger partial charge in [-0.25, -0.2) is 17.5 Å². The van der Waals surface area contributed by atoms with Crippen LogP contribution < -0.4 is 0 Å². The van der Waals surface area contributed by atoms with Gasteiger partial charge >= 0.3 is 5.97 Å². The monoisotopic (exact) mass is 463 g/mol. The van der Waals surface area contributed by atoms with Crippen LogP contribution in [-0.2, 0) is 24.3 Å². The molecule has 1 saturated heterocycles. The predicted molar refractivity (Wildman–Crippen MR) is 123 cm³/mol. The first-order valence-corrected chi connectivity index (χ1v) is 13.6. The molecule has 4 aliphatic rings. The minimum absolute atomic E-state index is 0.0715. The Morgan fingerprint density at radius 2 is 2.00 bits per heavy atom. The Balaban J connectivity index is 1.67. The molecule has 0 unspecified atom stereocenters. The van der Waals surface area contributed by atoms with Crippen LogP contribution in [0, 0.1) is 22.2 Å². The van der Waals surface area contributed by atoms with Gasteiger partial charge in [-0.05, 0) is 77.0 Å². The first kappa shape index (κ1) is 23.5. The fourth-order valence-electron chi connectivity index (χ4n) is 7.09. The Bertz CT molecular complexity index is 990. The molecule has 0 N–H and O–H groups in total. The quantitative estimate of drug-likeness (QED) is 0.432. The second-order valence-corrected chi connectivity index (χ2v) is 13.0. The lowest BCUT2D eigenvalue weighted by atomic mass is 9.68. The van der Waals surface area contributed by atoms with E-state index in [0.717, 1.165) is 24.8 Å². The van der Waals surface area contributed by atoms with Gasteiger partial charge in [-0.3, -0.25) is 4.79 Å². The van der Waals surface area contributed by atoms with E-state index in [4.69, 9.17) is 4.74 Å². The van der Waals surface area contributed by atoms with Crippen molar-refractivity contribution in [3.05, 3.63) is 23.3 Å². The summed E-state index contributed by atoms with van der Waals surface area (Å²) < 4.78 is 33.4. The summed E-state index contributed by atoms with van der Waals surface area (Å²) in [6, 6.07) is -0.249. The number of allylic oxidation sites excluding steroid dienone is 3. The fraction of sp³-hybridized carbons (Fsp3) is 0.760. The number of fused-ring (bicyclic) bond motifs is 1. The molecule has 7 heteroatoms. The van der Waals surface area contributed by atoms with Crippen LogP contribution >= 0.6 is 0 Å². The van der Waals surface area contributed by atoms with Crippen LogP contribution in [0.4, 0.5) is 0 Å². The molecule has 3 aliphatic carbocycles. The van der Waals surface area contributed by atoms with E-state index in [2.05, 4.69) is 19.9 Å². The molecule has 0 aromatic heterocycles. The van der Waals surface area contributed by atoms with Gasteiger partial charge in [0.05, 0.1) is 23.8 Å². The topological polar surface area (TPSA) is 80.8 Å². The average Bonchev–Trinajstić information content (AvgIpc) is 3.35. The molecule has 0 aromatic carbocycles. The Morgan fingerprint density at radius 3 is 2.62 bits per heavy atom. The number of hydrogen-bond acceptors (Lipinski definition) is 5. The highest BCUT2D eigenvalue weighted by molar-refractivity contribution is 7.90. The minimum atomic E-state index is -3.70. The third-order valence-electron chi connectivity index (χ3n) is 9.05. The third-order valence-corrected chi connectivity index (χ3v) is 10.9. The van der Waals surface area contributed by atoms with E-state index in [0.29, 0.717) is 30.8 Å². The number of ether oxygens (including phenoxy) is 1. The molecule has 3 fully saturated rings. The second kappa shape index (κ2) is 7.71. The molecule has 4 rings (SSSR count). The zero-order valence-electron chi connectivity index (χ0n) is 20.1. The Labute approximate surface area is 192 Å². The molecular formula is C25H37NO5S. The highest BCUT2D eigenvalue weighted by atomic mass is 32.2. The Hall–Kier alpha value is -1.63. The van der Waals surface area contributed by atoms with Crippen molar-refractivity contribution in [2.45, 2.75) is 85.6 Å². The van der Waals surface area contributed by atoms with Gasteiger partial charge in [0, 0.05) is 11.0 Å². The van der Waals surface area contributed by atoms with E-state index in [1.54, 1.807) is 13.0 Å².